The van der Waals surface area contributed by atoms with Crippen molar-refractivity contribution in [2.24, 2.45) is 0 Å². The summed E-state index contributed by atoms with van der Waals surface area (Å²) in [6.07, 6.45) is 2.58. The van der Waals surface area contributed by atoms with Crippen LogP contribution in [0.2, 0.25) is 0 Å². The van der Waals surface area contributed by atoms with Gasteiger partial charge in [0.15, 0.2) is 0 Å². The van der Waals surface area contributed by atoms with Crippen LogP contribution in [0.15, 0.2) is 35.7 Å². The van der Waals surface area contributed by atoms with Gasteiger partial charge in [-0.3, -0.25) is 0 Å². The fraction of sp³-hybridized carbons (Fsp3) is 0.467. The van der Waals surface area contributed by atoms with E-state index in [1.54, 1.807) is 31.4 Å². The van der Waals surface area contributed by atoms with Crippen molar-refractivity contribution in [2.75, 3.05) is 27.2 Å². The summed E-state index contributed by atoms with van der Waals surface area (Å²) in [5.41, 5.74) is 0.832. The van der Waals surface area contributed by atoms with Crippen LogP contribution in [-0.2, 0) is 16.6 Å². The lowest BCUT2D eigenvalue weighted by Gasteiger charge is -2.17. The normalized spacial score (nSPS) is 11.6. The van der Waals surface area contributed by atoms with Gasteiger partial charge in [0.05, 0.1) is 12.0 Å². The Morgan fingerprint density at radius 3 is 2.71 bits per heavy atom. The molecule has 118 valence electrons. The molecule has 0 atom stereocenters. The molecule has 0 spiro atoms. The number of hydrogen-bond donors (Lipinski definition) is 1. The fourth-order valence-electron chi connectivity index (χ4n) is 1.91. The highest BCUT2D eigenvalue weighted by molar-refractivity contribution is 7.89. The molecule has 21 heavy (non-hydrogen) atoms. The zero-order valence-corrected chi connectivity index (χ0v) is 13.7. The van der Waals surface area contributed by atoms with Crippen LogP contribution in [-0.4, -0.2) is 40.0 Å². The van der Waals surface area contributed by atoms with E-state index in [1.165, 1.54) is 11.4 Å². The van der Waals surface area contributed by atoms with E-state index in [-0.39, 0.29) is 11.4 Å². The molecule has 1 aromatic rings. The first-order valence-electron chi connectivity index (χ1n) is 6.92. The Hall–Kier alpha value is -1.37. The van der Waals surface area contributed by atoms with Crippen LogP contribution in [0.3, 0.4) is 0 Å². The van der Waals surface area contributed by atoms with Crippen LogP contribution in [0, 0.1) is 0 Å². The minimum Gasteiger partial charge on any atom is -0.496 e. The Morgan fingerprint density at radius 2 is 2.14 bits per heavy atom. The minimum absolute atomic E-state index is 0.265. The maximum absolute atomic E-state index is 12.4. The lowest BCUT2D eigenvalue weighted by Crippen LogP contribution is -2.27. The summed E-state index contributed by atoms with van der Waals surface area (Å²) in [7, 11) is -0.382. The summed E-state index contributed by atoms with van der Waals surface area (Å²) < 4.78 is 31.4. The first kappa shape index (κ1) is 17.7. The van der Waals surface area contributed by atoms with Gasteiger partial charge >= 0.3 is 0 Å². The SMILES string of the molecule is C=CCN(C)S(=O)(=O)c1ccc(OC)c(CNCCC)c1. The monoisotopic (exact) mass is 312 g/mol. The quantitative estimate of drug-likeness (QED) is 0.560. The highest BCUT2D eigenvalue weighted by Crippen LogP contribution is 2.24. The van der Waals surface area contributed by atoms with E-state index in [2.05, 4.69) is 18.8 Å². The second kappa shape index (κ2) is 8.17. The van der Waals surface area contributed by atoms with Gasteiger partial charge in [-0.1, -0.05) is 13.0 Å². The van der Waals surface area contributed by atoms with Crippen LogP contribution >= 0.6 is 0 Å². The lowest BCUT2D eigenvalue weighted by atomic mass is 10.2. The van der Waals surface area contributed by atoms with Crippen molar-refractivity contribution in [2.45, 2.75) is 24.8 Å². The van der Waals surface area contributed by atoms with Crippen LogP contribution in [0.1, 0.15) is 18.9 Å². The summed E-state index contributed by atoms with van der Waals surface area (Å²) in [6, 6.07) is 4.92. The predicted molar refractivity (Wildman–Crippen MR) is 85.0 cm³/mol. The molecular formula is C15H24N2O3S. The molecule has 6 heteroatoms. The first-order valence-corrected chi connectivity index (χ1v) is 8.36. The number of benzene rings is 1. The number of nitrogens with one attached hydrogen (secondary N) is 1. The molecule has 0 amide bonds. The van der Waals surface area contributed by atoms with E-state index in [0.717, 1.165) is 18.5 Å². The van der Waals surface area contributed by atoms with E-state index in [0.29, 0.717) is 12.3 Å². The van der Waals surface area contributed by atoms with Crippen LogP contribution in [0.5, 0.6) is 5.75 Å². The maximum atomic E-state index is 12.4. The Labute approximate surface area is 127 Å². The van der Waals surface area contributed by atoms with Gasteiger partial charge in [0.25, 0.3) is 0 Å². The molecule has 1 N–H and O–H groups in total. The molecule has 0 fully saturated rings. The molecule has 0 aliphatic rings. The van der Waals surface area contributed by atoms with Gasteiger partial charge in [0, 0.05) is 25.7 Å². The van der Waals surface area contributed by atoms with Crippen molar-refractivity contribution in [3.63, 3.8) is 0 Å². The van der Waals surface area contributed by atoms with Crippen molar-refractivity contribution in [3.05, 3.63) is 36.4 Å². The standard InChI is InChI=1S/C15H24N2O3S/c1-5-9-16-12-13-11-14(7-8-15(13)20-4)21(18,19)17(3)10-6-2/h6-8,11,16H,2,5,9-10,12H2,1,3-4H3. The summed E-state index contributed by atoms with van der Waals surface area (Å²) in [5, 5.41) is 3.25. The summed E-state index contributed by atoms with van der Waals surface area (Å²) in [6.45, 7) is 7.37. The van der Waals surface area contributed by atoms with Gasteiger partial charge in [0.2, 0.25) is 10.0 Å². The van der Waals surface area contributed by atoms with Crippen LogP contribution in [0.25, 0.3) is 0 Å². The molecule has 0 bridgehead atoms. The number of ether oxygens (including phenoxy) is 1. The lowest BCUT2D eigenvalue weighted by molar-refractivity contribution is 0.407. The predicted octanol–water partition coefficient (Wildman–Crippen LogP) is 2.00. The van der Waals surface area contributed by atoms with Crippen molar-refractivity contribution in [1.82, 2.24) is 9.62 Å². The van der Waals surface area contributed by atoms with E-state index in [4.69, 9.17) is 4.74 Å². The topological polar surface area (TPSA) is 58.6 Å². The molecule has 0 radical (unpaired) electrons. The molecule has 0 saturated carbocycles. The molecular weight excluding hydrogens is 288 g/mol. The Morgan fingerprint density at radius 1 is 1.43 bits per heavy atom. The average Bonchev–Trinajstić information content (AvgIpc) is 2.47. The van der Waals surface area contributed by atoms with Gasteiger partial charge in [-0.25, -0.2) is 8.42 Å². The molecule has 1 aromatic carbocycles. The Bertz CT molecular complexity index is 570. The summed E-state index contributed by atoms with van der Waals surface area (Å²) in [4.78, 5) is 0.265. The highest BCUT2D eigenvalue weighted by Gasteiger charge is 2.21. The fourth-order valence-corrected chi connectivity index (χ4v) is 3.11. The van der Waals surface area contributed by atoms with Gasteiger partial charge < -0.3 is 10.1 Å². The third kappa shape index (κ3) is 4.56. The van der Waals surface area contributed by atoms with Gasteiger partial charge in [-0.2, -0.15) is 4.31 Å². The third-order valence-corrected chi connectivity index (χ3v) is 4.91. The van der Waals surface area contributed by atoms with Crippen LogP contribution < -0.4 is 10.1 Å². The molecule has 1 rings (SSSR count). The Balaban J connectivity index is 3.09. The zero-order valence-electron chi connectivity index (χ0n) is 12.9. The maximum Gasteiger partial charge on any atom is 0.243 e. The first-order chi connectivity index (χ1) is 9.97. The van der Waals surface area contributed by atoms with Crippen LogP contribution in [0.4, 0.5) is 0 Å². The third-order valence-electron chi connectivity index (χ3n) is 3.09. The number of hydrogen-bond acceptors (Lipinski definition) is 4. The molecule has 0 aliphatic heterocycles. The number of rotatable bonds is 9. The van der Waals surface area contributed by atoms with Crippen molar-refractivity contribution in [3.8, 4) is 5.75 Å². The second-order valence-electron chi connectivity index (χ2n) is 4.72. The number of sulfonamides is 1. The summed E-state index contributed by atoms with van der Waals surface area (Å²) >= 11 is 0. The average molecular weight is 312 g/mol. The van der Waals surface area contributed by atoms with E-state index >= 15 is 0 Å². The van der Waals surface area contributed by atoms with Crippen molar-refractivity contribution >= 4 is 10.0 Å². The van der Waals surface area contributed by atoms with Gasteiger partial charge in [-0.05, 0) is 31.2 Å². The smallest absolute Gasteiger partial charge is 0.243 e. The minimum atomic E-state index is -3.50. The number of nitrogens with zero attached hydrogens (tertiary/aromatic N) is 1. The molecule has 0 heterocycles. The van der Waals surface area contributed by atoms with E-state index in [1.807, 2.05) is 0 Å². The van der Waals surface area contributed by atoms with Gasteiger partial charge in [0.1, 0.15) is 5.75 Å². The van der Waals surface area contributed by atoms with Crippen molar-refractivity contribution < 1.29 is 13.2 Å². The zero-order chi connectivity index (χ0) is 15.9. The van der Waals surface area contributed by atoms with Crippen molar-refractivity contribution in [1.29, 1.82) is 0 Å². The molecule has 0 unspecified atom stereocenters. The largest absolute Gasteiger partial charge is 0.496 e. The van der Waals surface area contributed by atoms with Gasteiger partial charge in [-0.15, -0.1) is 6.58 Å². The van der Waals surface area contributed by atoms with E-state index < -0.39 is 10.0 Å². The number of likely N-dealkylation sites (N-methyl/N-ethyl adjacent to an activating group) is 1. The number of methoxy groups -OCH3 is 1. The highest BCUT2D eigenvalue weighted by atomic mass is 32.2. The molecule has 5 nitrogen and oxygen atoms in total. The Kier molecular flexibility index (Phi) is 6.87. The summed E-state index contributed by atoms with van der Waals surface area (Å²) in [5.74, 6) is 0.684. The molecule has 0 aliphatic carbocycles. The molecule has 0 aromatic heterocycles. The van der Waals surface area contributed by atoms with E-state index in [9.17, 15) is 8.42 Å². The second-order valence-corrected chi connectivity index (χ2v) is 6.77. The molecule has 0 saturated heterocycles.